The molecular formula is C34H38FN11O4. The maximum Gasteiger partial charge on any atom is 0.329 e. The van der Waals surface area contributed by atoms with Gasteiger partial charge >= 0.3 is 5.69 Å². The number of para-hydroxylation sites is 1. The van der Waals surface area contributed by atoms with E-state index in [0.29, 0.717) is 29.5 Å². The number of halogens is 1. The topological polar surface area (TPSA) is 157 Å². The van der Waals surface area contributed by atoms with Gasteiger partial charge in [-0.3, -0.25) is 33.5 Å². The normalized spacial score (nSPS) is 21.6. The van der Waals surface area contributed by atoms with Gasteiger partial charge in [-0.2, -0.15) is 9.49 Å². The second-order valence-electron chi connectivity index (χ2n) is 13.7. The predicted molar refractivity (Wildman–Crippen MR) is 181 cm³/mol. The van der Waals surface area contributed by atoms with E-state index in [-0.39, 0.29) is 35.3 Å². The van der Waals surface area contributed by atoms with Crippen molar-refractivity contribution in [2.24, 2.45) is 13.0 Å². The number of nitrogens with one attached hydrogen (secondary N) is 2. The van der Waals surface area contributed by atoms with E-state index in [1.54, 1.807) is 41.0 Å². The van der Waals surface area contributed by atoms with Crippen LogP contribution in [-0.4, -0.2) is 88.9 Å². The number of carbonyl (C=O) groups excluding carboxylic acids is 3. The fraction of sp³-hybridized carbons (Fsp3) is 0.441. The molecule has 8 rings (SSSR count). The van der Waals surface area contributed by atoms with E-state index in [2.05, 4.69) is 42.7 Å². The Morgan fingerprint density at radius 1 is 1.12 bits per heavy atom. The van der Waals surface area contributed by atoms with Gasteiger partial charge in [0.15, 0.2) is 5.65 Å². The molecule has 0 spiro atoms. The summed E-state index contributed by atoms with van der Waals surface area (Å²) in [6.07, 6.45) is 10.4. The number of aryl methyl sites for hydroxylation is 1. The smallest absolute Gasteiger partial charge is 0.329 e. The van der Waals surface area contributed by atoms with E-state index in [0.717, 1.165) is 56.5 Å². The third-order valence-corrected chi connectivity index (χ3v) is 10.6. The molecule has 3 aliphatic rings. The number of fused-ring (bicyclic) bond motifs is 2. The molecule has 2 saturated heterocycles. The van der Waals surface area contributed by atoms with E-state index in [1.165, 1.54) is 15.3 Å². The van der Waals surface area contributed by atoms with Crippen LogP contribution in [-0.2, 0) is 16.6 Å². The van der Waals surface area contributed by atoms with E-state index >= 15 is 0 Å². The molecule has 5 aromatic rings. The zero-order valence-electron chi connectivity index (χ0n) is 27.8. The van der Waals surface area contributed by atoms with E-state index in [4.69, 9.17) is 0 Å². The van der Waals surface area contributed by atoms with Crippen LogP contribution in [0.2, 0.25) is 0 Å². The van der Waals surface area contributed by atoms with Gasteiger partial charge in [0, 0.05) is 51.5 Å². The van der Waals surface area contributed by atoms with Gasteiger partial charge in [-0.05, 0) is 63.3 Å². The molecule has 1 aromatic carbocycles. The van der Waals surface area contributed by atoms with E-state index in [1.807, 2.05) is 18.2 Å². The Balaban J connectivity index is 0.861. The summed E-state index contributed by atoms with van der Waals surface area (Å²) in [5.74, 6) is -1.52. The van der Waals surface area contributed by atoms with Crippen molar-refractivity contribution in [2.75, 3.05) is 36.9 Å². The summed E-state index contributed by atoms with van der Waals surface area (Å²) in [6, 6.07) is 7.28. The summed E-state index contributed by atoms with van der Waals surface area (Å²) in [5, 5.41) is 13.2. The SMILES string of the molecule is CN(CC1CC(n2cc(NC(=O)c3cnn4cccnc34)c(F)n2)C1)C1CCN(c2cccc3c2n(C)c(=O)n3C2CCC(=O)NC2=O)CC1. The first kappa shape index (κ1) is 31.9. The van der Waals surface area contributed by atoms with Gasteiger partial charge in [0.2, 0.25) is 11.8 Å². The van der Waals surface area contributed by atoms with E-state index < -0.39 is 23.8 Å². The van der Waals surface area contributed by atoms with Crippen molar-refractivity contribution in [3.63, 3.8) is 0 Å². The molecule has 1 atom stereocenters. The van der Waals surface area contributed by atoms with Crippen LogP contribution in [0.3, 0.4) is 0 Å². The van der Waals surface area contributed by atoms with Crippen LogP contribution in [0.1, 0.15) is 61.0 Å². The number of aromatic nitrogens is 7. The number of piperidine rings is 2. The van der Waals surface area contributed by atoms with Crippen molar-refractivity contribution in [1.29, 1.82) is 0 Å². The molecular weight excluding hydrogens is 645 g/mol. The number of hydrogen-bond acceptors (Lipinski definition) is 9. The van der Waals surface area contributed by atoms with Crippen LogP contribution in [0.5, 0.6) is 0 Å². The average molecular weight is 684 g/mol. The summed E-state index contributed by atoms with van der Waals surface area (Å²) < 4.78 is 21.0. The van der Waals surface area contributed by atoms with Gasteiger partial charge in [0.1, 0.15) is 17.3 Å². The standard InChI is InChI=1S/C34H38FN11O4/c1-41(18-20-15-22(16-20)45-19-24(30(35)40-45)38-32(48)23-17-37-44-12-4-11-36-31(23)44)21-9-13-43(14-10-21)25-5-3-6-26-29(25)42(2)34(50)46(26)27-7-8-28(47)39-33(27)49/h3-6,11-12,17,19-22,27H,7-10,13-16,18H2,1-2H3,(H,38,48)(H,39,47,49). The van der Waals surface area contributed by atoms with Crippen LogP contribution in [0.25, 0.3) is 16.7 Å². The summed E-state index contributed by atoms with van der Waals surface area (Å²) in [7, 11) is 3.90. The van der Waals surface area contributed by atoms with Gasteiger partial charge in [-0.25, -0.2) is 14.3 Å². The molecule has 4 aromatic heterocycles. The first-order valence-corrected chi connectivity index (χ1v) is 17.0. The van der Waals surface area contributed by atoms with Crippen molar-refractivity contribution >= 4 is 45.8 Å². The van der Waals surface area contributed by atoms with Crippen molar-refractivity contribution < 1.29 is 18.8 Å². The Kier molecular flexibility index (Phi) is 7.96. The average Bonchev–Trinajstić information content (AvgIpc) is 3.76. The molecule has 16 heteroatoms. The number of nitrogens with zero attached hydrogens (tertiary/aromatic N) is 9. The Morgan fingerprint density at radius 2 is 1.92 bits per heavy atom. The van der Waals surface area contributed by atoms with Crippen LogP contribution in [0.15, 0.2) is 53.8 Å². The first-order chi connectivity index (χ1) is 24.2. The van der Waals surface area contributed by atoms with Crippen molar-refractivity contribution in [2.45, 2.75) is 56.7 Å². The second-order valence-corrected chi connectivity index (χ2v) is 13.7. The van der Waals surface area contributed by atoms with Crippen molar-refractivity contribution in [3.05, 3.63) is 71.0 Å². The number of carbonyl (C=O) groups is 3. The highest BCUT2D eigenvalue weighted by molar-refractivity contribution is 6.08. The van der Waals surface area contributed by atoms with Gasteiger partial charge in [-0.1, -0.05) is 6.07 Å². The summed E-state index contributed by atoms with van der Waals surface area (Å²) >= 11 is 0. The number of hydrogen-bond donors (Lipinski definition) is 2. The highest BCUT2D eigenvalue weighted by Gasteiger charge is 2.36. The fourth-order valence-corrected chi connectivity index (χ4v) is 7.89. The minimum Gasteiger partial charge on any atom is -0.370 e. The Labute approximate surface area is 285 Å². The molecule has 1 aliphatic carbocycles. The molecule has 260 valence electrons. The van der Waals surface area contributed by atoms with Gasteiger partial charge < -0.3 is 15.1 Å². The van der Waals surface area contributed by atoms with Crippen LogP contribution in [0, 0.1) is 11.9 Å². The number of benzene rings is 1. The number of imidazole rings is 1. The van der Waals surface area contributed by atoms with Crippen molar-refractivity contribution in [1.82, 2.24) is 43.7 Å². The lowest BCUT2D eigenvalue weighted by molar-refractivity contribution is -0.135. The van der Waals surface area contributed by atoms with Gasteiger partial charge in [-0.15, -0.1) is 5.10 Å². The quantitative estimate of drug-likeness (QED) is 0.235. The Hall–Kier alpha value is -5.38. The molecule has 2 N–H and O–H groups in total. The lowest BCUT2D eigenvalue weighted by Crippen LogP contribution is -2.46. The van der Waals surface area contributed by atoms with Gasteiger partial charge in [0.25, 0.3) is 11.9 Å². The van der Waals surface area contributed by atoms with Crippen molar-refractivity contribution in [3.8, 4) is 0 Å². The summed E-state index contributed by atoms with van der Waals surface area (Å²) in [5.41, 5.74) is 2.85. The number of imide groups is 1. The maximum absolute atomic E-state index is 14.8. The molecule has 0 bridgehead atoms. The van der Waals surface area contributed by atoms with Gasteiger partial charge in [0.05, 0.1) is 35.2 Å². The molecule has 1 saturated carbocycles. The monoisotopic (exact) mass is 683 g/mol. The molecule has 0 radical (unpaired) electrons. The maximum atomic E-state index is 14.8. The lowest BCUT2D eigenvalue weighted by Gasteiger charge is -2.42. The first-order valence-electron chi connectivity index (χ1n) is 17.0. The Bertz CT molecular complexity index is 2190. The van der Waals surface area contributed by atoms with Crippen LogP contribution in [0.4, 0.5) is 15.8 Å². The molecule has 1 unspecified atom stereocenters. The fourth-order valence-electron chi connectivity index (χ4n) is 7.89. The Morgan fingerprint density at radius 3 is 2.70 bits per heavy atom. The third kappa shape index (κ3) is 5.52. The largest absolute Gasteiger partial charge is 0.370 e. The summed E-state index contributed by atoms with van der Waals surface area (Å²) in [4.78, 5) is 59.5. The number of amides is 3. The predicted octanol–water partition coefficient (Wildman–Crippen LogP) is 2.50. The molecule has 2 aliphatic heterocycles. The number of anilines is 2. The van der Waals surface area contributed by atoms with E-state index in [9.17, 15) is 23.6 Å². The highest BCUT2D eigenvalue weighted by atomic mass is 19.1. The minimum absolute atomic E-state index is 0.0286. The minimum atomic E-state index is -0.724. The lowest BCUT2D eigenvalue weighted by atomic mass is 9.79. The zero-order valence-corrected chi connectivity index (χ0v) is 27.8. The number of rotatable bonds is 8. The molecule has 6 heterocycles. The zero-order chi connectivity index (χ0) is 34.7. The molecule has 15 nitrogen and oxygen atoms in total. The van der Waals surface area contributed by atoms with Crippen LogP contribution >= 0.6 is 0 Å². The van der Waals surface area contributed by atoms with Crippen LogP contribution < -0.4 is 21.2 Å². The highest BCUT2D eigenvalue weighted by Crippen LogP contribution is 2.39. The molecule has 3 fully saturated rings. The molecule has 50 heavy (non-hydrogen) atoms. The third-order valence-electron chi connectivity index (χ3n) is 10.6. The molecule has 3 amide bonds. The summed E-state index contributed by atoms with van der Waals surface area (Å²) in [6.45, 7) is 2.58. The second kappa shape index (κ2) is 12.5.